The first-order chi connectivity index (χ1) is 20.3. The molecule has 5 aromatic carbocycles. The van der Waals surface area contributed by atoms with Gasteiger partial charge in [0.05, 0.1) is 17.2 Å². The lowest BCUT2D eigenvalue weighted by atomic mass is 9.34. The Morgan fingerprint density at radius 3 is 1.62 bits per heavy atom. The Labute approximate surface area is 248 Å². The first kappa shape index (κ1) is 26.3. The second-order valence-corrected chi connectivity index (χ2v) is 12.1. The summed E-state index contributed by atoms with van der Waals surface area (Å²) in [6.45, 7) is 13.6. The van der Waals surface area contributed by atoms with E-state index in [-0.39, 0.29) is 6.71 Å². The summed E-state index contributed by atoms with van der Waals surface area (Å²) in [6.07, 6.45) is 2.03. The van der Waals surface area contributed by atoms with Gasteiger partial charge >= 0.3 is 0 Å². The van der Waals surface area contributed by atoms with Crippen LogP contribution in [0.4, 0.5) is 0 Å². The lowest BCUT2D eigenvalue weighted by Crippen LogP contribution is -2.55. The van der Waals surface area contributed by atoms with E-state index in [1.54, 1.807) is 0 Å². The molecule has 0 aliphatic rings. The lowest BCUT2D eigenvalue weighted by molar-refractivity contribution is 1.01. The van der Waals surface area contributed by atoms with Gasteiger partial charge in [-0.05, 0) is 58.6 Å². The number of pyridine rings is 1. The van der Waals surface area contributed by atoms with Gasteiger partial charge < -0.3 is 0 Å². The van der Waals surface area contributed by atoms with Crippen molar-refractivity contribution >= 4 is 50.3 Å². The Kier molecular flexibility index (Phi) is 6.28. The van der Waals surface area contributed by atoms with Gasteiger partial charge in [0.25, 0.3) is 0 Å². The van der Waals surface area contributed by atoms with Crippen LogP contribution in [0.25, 0.3) is 38.3 Å². The van der Waals surface area contributed by atoms with Gasteiger partial charge in [0.2, 0.25) is 6.71 Å². The molecule has 0 amide bonds. The zero-order valence-corrected chi connectivity index (χ0v) is 25.3. The van der Waals surface area contributed by atoms with Crippen molar-refractivity contribution in [1.82, 2.24) is 9.61 Å². The summed E-state index contributed by atoms with van der Waals surface area (Å²) in [5.74, 6) is 0. The monoisotopic (exact) mass is 542 g/mol. The van der Waals surface area contributed by atoms with Crippen LogP contribution in [0, 0.1) is 41.5 Å². The molecule has 204 valence electrons. The fraction of sp³-hybridized carbons (Fsp3) is 0.154. The van der Waals surface area contributed by atoms with Crippen LogP contribution in [0.3, 0.4) is 0 Å². The molecule has 2 aromatic heterocycles. The molecule has 42 heavy (non-hydrogen) atoms. The van der Waals surface area contributed by atoms with Crippen molar-refractivity contribution in [2.75, 3.05) is 0 Å². The molecule has 7 rings (SSSR count). The molecule has 0 N–H and O–H groups in total. The van der Waals surface area contributed by atoms with E-state index in [1.165, 1.54) is 71.5 Å². The first-order valence-corrected chi connectivity index (χ1v) is 14.8. The van der Waals surface area contributed by atoms with Crippen LogP contribution in [0.5, 0.6) is 0 Å². The summed E-state index contributed by atoms with van der Waals surface area (Å²) >= 11 is 0. The van der Waals surface area contributed by atoms with Crippen LogP contribution in [0.15, 0.2) is 103 Å². The summed E-state index contributed by atoms with van der Waals surface area (Å²) in [4.78, 5) is 0. The van der Waals surface area contributed by atoms with Gasteiger partial charge in [-0.3, -0.25) is 0 Å². The van der Waals surface area contributed by atoms with Crippen LogP contribution >= 0.6 is 0 Å². The van der Waals surface area contributed by atoms with E-state index in [0.717, 1.165) is 16.6 Å². The first-order valence-electron chi connectivity index (χ1n) is 14.8. The maximum Gasteiger partial charge on any atom is 0.242 e. The summed E-state index contributed by atoms with van der Waals surface area (Å²) in [6, 6.07) is 35.8. The highest BCUT2D eigenvalue weighted by Gasteiger charge is 2.28. The molecule has 0 spiro atoms. The van der Waals surface area contributed by atoms with Crippen molar-refractivity contribution in [3.63, 3.8) is 0 Å². The van der Waals surface area contributed by atoms with E-state index in [2.05, 4.69) is 143 Å². The van der Waals surface area contributed by atoms with E-state index < -0.39 is 0 Å². The van der Waals surface area contributed by atoms with Crippen molar-refractivity contribution in [3.05, 3.63) is 137 Å². The molecule has 0 fully saturated rings. The predicted octanol–water partition coefficient (Wildman–Crippen LogP) is 7.67. The maximum atomic E-state index is 4.91. The summed E-state index contributed by atoms with van der Waals surface area (Å²) in [5, 5.41) is 8.61. The number of nitrogens with zero attached hydrogens (tertiary/aromatic N) is 2. The fourth-order valence-electron chi connectivity index (χ4n) is 7.44. The third kappa shape index (κ3) is 4.15. The van der Waals surface area contributed by atoms with Crippen LogP contribution < -0.4 is 16.4 Å². The molecule has 3 heteroatoms. The maximum absolute atomic E-state index is 4.91. The highest BCUT2D eigenvalue weighted by molar-refractivity contribution is 6.96. The van der Waals surface area contributed by atoms with E-state index in [0.29, 0.717) is 0 Å². The Hall–Kier alpha value is -4.63. The average molecular weight is 543 g/mol. The zero-order chi connectivity index (χ0) is 29.1. The quantitative estimate of drug-likeness (QED) is 0.165. The zero-order valence-electron chi connectivity index (χ0n) is 25.3. The lowest BCUT2D eigenvalue weighted by Gasteiger charge is -2.24. The molecule has 0 aliphatic heterocycles. The summed E-state index contributed by atoms with van der Waals surface area (Å²) in [7, 11) is 0. The van der Waals surface area contributed by atoms with Crippen LogP contribution in [-0.4, -0.2) is 16.3 Å². The highest BCUT2D eigenvalue weighted by Crippen LogP contribution is 2.35. The minimum absolute atomic E-state index is 0.161. The van der Waals surface area contributed by atoms with Crippen LogP contribution in [0.1, 0.15) is 33.4 Å². The molecule has 0 saturated carbocycles. The molecule has 0 unspecified atom stereocenters. The third-order valence-corrected chi connectivity index (χ3v) is 8.98. The van der Waals surface area contributed by atoms with Crippen molar-refractivity contribution in [2.45, 2.75) is 41.5 Å². The Morgan fingerprint density at radius 2 is 1.05 bits per heavy atom. The number of hydrogen-bond acceptors (Lipinski definition) is 1. The Balaban J connectivity index is 1.43. The van der Waals surface area contributed by atoms with Gasteiger partial charge in [-0.1, -0.05) is 141 Å². The van der Waals surface area contributed by atoms with Crippen molar-refractivity contribution in [3.8, 4) is 11.1 Å². The van der Waals surface area contributed by atoms with Gasteiger partial charge in [0.1, 0.15) is 0 Å². The Bertz CT molecular complexity index is 2050. The SMILES string of the molecule is Cc1cc(C)c(B(c2ccc(-c3cnn4c5ccccc5c5ccccc5c34)cc2)c2c(C)cc(C)cc2C)c(C)c1. The normalized spacial score (nSPS) is 11.6. The molecule has 0 saturated heterocycles. The van der Waals surface area contributed by atoms with Gasteiger partial charge in [-0.25, -0.2) is 4.52 Å². The number of rotatable bonds is 4. The predicted molar refractivity (Wildman–Crippen MR) is 182 cm³/mol. The van der Waals surface area contributed by atoms with E-state index in [1.807, 2.05) is 6.20 Å². The van der Waals surface area contributed by atoms with Gasteiger partial charge in [-0.2, -0.15) is 5.10 Å². The van der Waals surface area contributed by atoms with Crippen molar-refractivity contribution < 1.29 is 0 Å². The van der Waals surface area contributed by atoms with E-state index in [9.17, 15) is 0 Å². The summed E-state index contributed by atoms with van der Waals surface area (Å²) < 4.78 is 2.11. The molecule has 0 radical (unpaired) electrons. The van der Waals surface area contributed by atoms with Crippen LogP contribution in [0.2, 0.25) is 0 Å². The van der Waals surface area contributed by atoms with Gasteiger partial charge in [0, 0.05) is 16.3 Å². The number of aryl methyl sites for hydroxylation is 6. The molecule has 0 bridgehead atoms. The number of benzene rings is 5. The number of aromatic nitrogens is 2. The molecular formula is C39H35BN2. The van der Waals surface area contributed by atoms with Gasteiger partial charge in [-0.15, -0.1) is 0 Å². The molecule has 2 nitrogen and oxygen atoms in total. The third-order valence-electron chi connectivity index (χ3n) is 8.98. The number of hydrogen-bond donors (Lipinski definition) is 0. The number of fused-ring (bicyclic) bond motifs is 6. The summed E-state index contributed by atoms with van der Waals surface area (Å²) in [5.41, 5.74) is 16.8. The minimum atomic E-state index is 0.161. The van der Waals surface area contributed by atoms with E-state index in [4.69, 9.17) is 5.10 Å². The molecule has 0 aliphatic carbocycles. The van der Waals surface area contributed by atoms with Gasteiger partial charge in [0.15, 0.2) is 0 Å². The standard InChI is InChI=1S/C39H35BN2/c1-24-19-26(3)37(27(4)20-24)40(38-28(5)21-25(2)22-29(38)6)31-17-15-30(16-18-31)35-23-41-42-36-14-10-9-12-33(36)32-11-7-8-13-34(32)39(35)42/h7-23H,1-6H3. The van der Waals surface area contributed by atoms with E-state index >= 15 is 0 Å². The minimum Gasteiger partial charge on any atom is -0.232 e. The largest absolute Gasteiger partial charge is 0.242 e. The van der Waals surface area contributed by atoms with Crippen LogP contribution in [-0.2, 0) is 0 Å². The number of para-hydroxylation sites is 1. The smallest absolute Gasteiger partial charge is 0.232 e. The average Bonchev–Trinajstić information content (AvgIpc) is 3.41. The molecular weight excluding hydrogens is 507 g/mol. The second kappa shape index (κ2) is 10.0. The topological polar surface area (TPSA) is 17.3 Å². The second-order valence-electron chi connectivity index (χ2n) is 12.1. The Morgan fingerprint density at radius 1 is 0.548 bits per heavy atom. The van der Waals surface area contributed by atoms with Crippen molar-refractivity contribution in [1.29, 1.82) is 0 Å². The molecule has 2 heterocycles. The molecule has 7 aromatic rings. The van der Waals surface area contributed by atoms with Crippen molar-refractivity contribution in [2.24, 2.45) is 0 Å². The fourth-order valence-corrected chi connectivity index (χ4v) is 7.44. The highest BCUT2D eigenvalue weighted by atomic mass is 15.2. The molecule has 0 atom stereocenters.